The SMILES string of the molecule is O=C(c1cnccn1)N1C[C@@H]2C[C@H](C1)c1ccc(/C=C/c3ccc(Cl)cc3)c(=O)n1C2. The minimum Gasteiger partial charge on any atom is -0.336 e. The van der Waals surface area contributed by atoms with Gasteiger partial charge < -0.3 is 9.47 Å². The van der Waals surface area contributed by atoms with E-state index in [0.29, 0.717) is 35.9 Å². The number of fused-ring (bicyclic) bond motifs is 4. The maximum atomic E-state index is 13.1. The first-order valence-electron chi connectivity index (χ1n) is 10.3. The highest BCUT2D eigenvalue weighted by molar-refractivity contribution is 6.30. The monoisotopic (exact) mass is 432 g/mol. The molecule has 0 spiro atoms. The number of piperidine rings is 1. The Hall–Kier alpha value is -3.25. The Morgan fingerprint density at radius 2 is 1.87 bits per heavy atom. The Balaban J connectivity index is 1.39. The van der Waals surface area contributed by atoms with Crippen LogP contribution in [0.25, 0.3) is 12.2 Å². The average Bonchev–Trinajstić information content (AvgIpc) is 2.80. The second-order valence-electron chi connectivity index (χ2n) is 8.11. The zero-order valence-electron chi connectivity index (χ0n) is 16.8. The highest BCUT2D eigenvalue weighted by atomic mass is 35.5. The summed E-state index contributed by atoms with van der Waals surface area (Å²) in [7, 11) is 0. The van der Waals surface area contributed by atoms with Crippen molar-refractivity contribution in [2.75, 3.05) is 13.1 Å². The lowest BCUT2D eigenvalue weighted by atomic mass is 9.83. The van der Waals surface area contributed by atoms with E-state index in [1.807, 2.05) is 58.0 Å². The van der Waals surface area contributed by atoms with Crippen LogP contribution in [0.4, 0.5) is 0 Å². The van der Waals surface area contributed by atoms with Crippen molar-refractivity contribution in [1.29, 1.82) is 0 Å². The third-order valence-electron chi connectivity index (χ3n) is 6.03. The summed E-state index contributed by atoms with van der Waals surface area (Å²) < 4.78 is 1.89. The van der Waals surface area contributed by atoms with Gasteiger partial charge in [0.15, 0.2) is 0 Å². The van der Waals surface area contributed by atoms with Gasteiger partial charge in [-0.1, -0.05) is 29.8 Å². The zero-order chi connectivity index (χ0) is 21.4. The molecule has 7 heteroatoms. The van der Waals surface area contributed by atoms with Crippen LogP contribution in [0, 0.1) is 5.92 Å². The van der Waals surface area contributed by atoms with Crippen molar-refractivity contribution in [2.24, 2.45) is 5.92 Å². The van der Waals surface area contributed by atoms with E-state index in [4.69, 9.17) is 11.6 Å². The van der Waals surface area contributed by atoms with Crippen molar-refractivity contribution in [1.82, 2.24) is 19.4 Å². The van der Waals surface area contributed by atoms with Gasteiger partial charge in [-0.05, 0) is 48.2 Å². The molecular formula is C24H21ClN4O2. The fourth-order valence-electron chi connectivity index (χ4n) is 4.59. The van der Waals surface area contributed by atoms with E-state index in [1.165, 1.54) is 12.4 Å². The molecule has 1 fully saturated rings. The second kappa shape index (κ2) is 8.12. The number of likely N-dealkylation sites (tertiary alicyclic amines) is 1. The Labute approximate surface area is 184 Å². The molecule has 156 valence electrons. The Morgan fingerprint density at radius 3 is 2.65 bits per heavy atom. The lowest BCUT2D eigenvalue weighted by Gasteiger charge is -2.42. The second-order valence-corrected chi connectivity index (χ2v) is 8.55. The summed E-state index contributed by atoms with van der Waals surface area (Å²) in [5.74, 6) is 0.302. The molecule has 0 radical (unpaired) electrons. The summed E-state index contributed by atoms with van der Waals surface area (Å²) in [6.45, 7) is 1.84. The molecule has 2 aliphatic heterocycles. The van der Waals surface area contributed by atoms with E-state index in [2.05, 4.69) is 9.97 Å². The molecule has 0 saturated carbocycles. The van der Waals surface area contributed by atoms with Gasteiger partial charge in [0.25, 0.3) is 11.5 Å². The first-order valence-corrected chi connectivity index (χ1v) is 10.7. The molecule has 2 aromatic heterocycles. The predicted octanol–water partition coefficient (Wildman–Crippen LogP) is 3.72. The smallest absolute Gasteiger partial charge is 0.274 e. The molecule has 0 N–H and O–H groups in total. The largest absolute Gasteiger partial charge is 0.336 e. The normalized spacial score (nSPS) is 20.0. The molecule has 1 saturated heterocycles. The topological polar surface area (TPSA) is 68.1 Å². The van der Waals surface area contributed by atoms with Crippen molar-refractivity contribution in [2.45, 2.75) is 18.9 Å². The summed E-state index contributed by atoms with van der Waals surface area (Å²) in [4.78, 5) is 36.0. The molecule has 1 amide bonds. The fourth-order valence-corrected chi connectivity index (χ4v) is 4.71. The van der Waals surface area contributed by atoms with E-state index in [0.717, 1.165) is 17.7 Å². The molecular weight excluding hydrogens is 412 g/mol. The number of halogens is 1. The highest BCUT2D eigenvalue weighted by Crippen LogP contribution is 2.35. The minimum absolute atomic E-state index is 0.0196. The molecule has 6 nitrogen and oxygen atoms in total. The maximum absolute atomic E-state index is 13.1. The van der Waals surface area contributed by atoms with Crippen molar-refractivity contribution in [3.8, 4) is 0 Å². The predicted molar refractivity (Wildman–Crippen MR) is 120 cm³/mol. The van der Waals surface area contributed by atoms with E-state index in [9.17, 15) is 9.59 Å². The van der Waals surface area contributed by atoms with Crippen molar-refractivity contribution >= 4 is 29.7 Å². The van der Waals surface area contributed by atoms with Gasteiger partial charge in [-0.2, -0.15) is 0 Å². The van der Waals surface area contributed by atoms with E-state index >= 15 is 0 Å². The summed E-state index contributed by atoms with van der Waals surface area (Å²) in [6.07, 6.45) is 9.36. The Kier molecular flexibility index (Phi) is 5.16. The van der Waals surface area contributed by atoms with Crippen LogP contribution in [0.1, 0.15) is 39.6 Å². The van der Waals surface area contributed by atoms with Crippen LogP contribution in [-0.4, -0.2) is 38.4 Å². The summed E-state index contributed by atoms with van der Waals surface area (Å²) in [5.41, 5.74) is 3.03. The Bertz CT molecular complexity index is 1200. The number of carbonyl (C=O) groups is 1. The molecule has 2 atom stereocenters. The molecule has 4 heterocycles. The molecule has 1 aromatic carbocycles. The van der Waals surface area contributed by atoms with Crippen LogP contribution in [0.5, 0.6) is 0 Å². The molecule has 31 heavy (non-hydrogen) atoms. The van der Waals surface area contributed by atoms with Crippen LogP contribution in [-0.2, 0) is 6.54 Å². The lowest BCUT2D eigenvalue weighted by molar-refractivity contribution is 0.0588. The summed E-state index contributed by atoms with van der Waals surface area (Å²) >= 11 is 5.94. The van der Waals surface area contributed by atoms with Gasteiger partial charge in [-0.15, -0.1) is 0 Å². The molecule has 0 unspecified atom stereocenters. The Morgan fingerprint density at radius 1 is 1.03 bits per heavy atom. The average molecular weight is 433 g/mol. The molecule has 2 aliphatic rings. The molecule has 2 bridgehead atoms. The van der Waals surface area contributed by atoms with Gasteiger partial charge in [0.1, 0.15) is 5.69 Å². The number of nitrogens with zero attached hydrogens (tertiary/aromatic N) is 4. The number of benzene rings is 1. The van der Waals surface area contributed by atoms with E-state index in [1.54, 1.807) is 6.20 Å². The number of hydrogen-bond acceptors (Lipinski definition) is 4. The molecule has 0 aliphatic carbocycles. The number of aromatic nitrogens is 3. The van der Waals surface area contributed by atoms with Crippen molar-refractivity contribution in [3.05, 3.63) is 92.9 Å². The first kappa shape index (κ1) is 19.7. The third-order valence-corrected chi connectivity index (χ3v) is 6.28. The first-order chi connectivity index (χ1) is 15.1. The molecule has 3 aromatic rings. The number of carbonyl (C=O) groups excluding carboxylic acids is 1. The minimum atomic E-state index is -0.0962. The van der Waals surface area contributed by atoms with Gasteiger partial charge in [-0.25, -0.2) is 4.98 Å². The van der Waals surface area contributed by atoms with E-state index < -0.39 is 0 Å². The number of amides is 1. The number of hydrogen-bond donors (Lipinski definition) is 0. The van der Waals surface area contributed by atoms with Gasteiger partial charge in [-0.3, -0.25) is 14.6 Å². The van der Waals surface area contributed by atoms with Crippen LogP contribution in [0.2, 0.25) is 5.02 Å². The summed E-state index contributed by atoms with van der Waals surface area (Å²) in [5, 5.41) is 0.685. The quantitative estimate of drug-likeness (QED) is 0.632. The van der Waals surface area contributed by atoms with Gasteiger partial charge >= 0.3 is 0 Å². The van der Waals surface area contributed by atoms with Crippen LogP contribution in [0.15, 0.2) is 59.8 Å². The van der Waals surface area contributed by atoms with Crippen LogP contribution in [0.3, 0.4) is 0 Å². The maximum Gasteiger partial charge on any atom is 0.274 e. The van der Waals surface area contributed by atoms with Crippen molar-refractivity contribution < 1.29 is 4.79 Å². The standard InChI is InChI=1S/C24H21ClN4O2/c25-20-6-2-16(3-7-20)1-4-18-5-8-22-19-11-17(14-29(22)23(18)30)13-28(15-19)24(31)21-12-26-9-10-27-21/h1-10,12,17,19H,11,13-15H2/b4-1+/t17-,19+/m0/s1. The van der Waals surface area contributed by atoms with Crippen LogP contribution >= 0.6 is 11.6 Å². The van der Waals surface area contributed by atoms with Gasteiger partial charge in [0.05, 0.1) is 6.20 Å². The van der Waals surface area contributed by atoms with Crippen molar-refractivity contribution in [3.63, 3.8) is 0 Å². The van der Waals surface area contributed by atoms with E-state index in [-0.39, 0.29) is 23.3 Å². The molecule has 5 rings (SSSR count). The zero-order valence-corrected chi connectivity index (χ0v) is 17.6. The number of rotatable bonds is 3. The lowest BCUT2D eigenvalue weighted by Crippen LogP contribution is -2.49. The van der Waals surface area contributed by atoms with Gasteiger partial charge in [0.2, 0.25) is 0 Å². The summed E-state index contributed by atoms with van der Waals surface area (Å²) in [6, 6.07) is 11.4. The third kappa shape index (κ3) is 3.91. The number of pyridine rings is 1. The van der Waals surface area contributed by atoms with Gasteiger partial charge in [0, 0.05) is 54.2 Å². The highest BCUT2D eigenvalue weighted by Gasteiger charge is 2.37. The fraction of sp³-hybridized carbons (Fsp3) is 0.250. The van der Waals surface area contributed by atoms with Crippen LogP contribution < -0.4 is 5.56 Å².